The van der Waals surface area contributed by atoms with Gasteiger partial charge in [0.05, 0.1) is 26.4 Å². The lowest BCUT2D eigenvalue weighted by Gasteiger charge is -2.33. The second-order valence-electron chi connectivity index (χ2n) is 5.83. The summed E-state index contributed by atoms with van der Waals surface area (Å²) >= 11 is 0. The monoisotopic (exact) mass is 390 g/mol. The van der Waals surface area contributed by atoms with E-state index in [-0.39, 0.29) is 45.1 Å². The molecular formula is C18H22N4O6. The second-order valence-corrected chi connectivity index (χ2v) is 5.83. The van der Waals surface area contributed by atoms with Crippen LogP contribution in [-0.2, 0) is 23.9 Å². The van der Waals surface area contributed by atoms with E-state index in [1.807, 2.05) is 0 Å². The molecule has 0 N–H and O–H groups in total. The molecule has 2 rings (SSSR count). The highest BCUT2D eigenvalue weighted by atomic mass is 16.6. The molecule has 0 aromatic heterocycles. The highest BCUT2D eigenvalue weighted by Gasteiger charge is 2.60. The third kappa shape index (κ3) is 4.17. The van der Waals surface area contributed by atoms with E-state index in [0.717, 1.165) is 4.90 Å². The Kier molecular flexibility index (Phi) is 7.22. The van der Waals surface area contributed by atoms with Crippen molar-refractivity contribution in [2.24, 2.45) is 5.11 Å². The zero-order valence-corrected chi connectivity index (χ0v) is 15.8. The molecule has 0 bridgehead atoms. The fraction of sp³-hybridized carbons (Fsp3) is 0.500. The van der Waals surface area contributed by atoms with Crippen molar-refractivity contribution in [3.05, 3.63) is 34.7 Å². The Bertz CT molecular complexity index is 755. The van der Waals surface area contributed by atoms with Crippen LogP contribution in [0.1, 0.15) is 26.7 Å². The first-order valence-corrected chi connectivity index (χ1v) is 8.92. The van der Waals surface area contributed by atoms with E-state index in [4.69, 9.17) is 19.7 Å². The van der Waals surface area contributed by atoms with Crippen LogP contribution in [0.3, 0.4) is 0 Å². The van der Waals surface area contributed by atoms with E-state index in [1.54, 1.807) is 38.1 Å². The third-order valence-electron chi connectivity index (χ3n) is 4.18. The van der Waals surface area contributed by atoms with Crippen molar-refractivity contribution >= 4 is 23.5 Å². The van der Waals surface area contributed by atoms with Gasteiger partial charge in [-0.05, 0) is 43.6 Å². The van der Waals surface area contributed by atoms with E-state index >= 15 is 0 Å². The van der Waals surface area contributed by atoms with Gasteiger partial charge < -0.3 is 14.2 Å². The van der Waals surface area contributed by atoms with E-state index in [1.165, 1.54) is 0 Å². The molecule has 0 radical (unpaired) electrons. The van der Waals surface area contributed by atoms with Gasteiger partial charge >= 0.3 is 11.9 Å². The molecule has 1 saturated heterocycles. The van der Waals surface area contributed by atoms with Crippen LogP contribution in [-0.4, -0.2) is 49.8 Å². The summed E-state index contributed by atoms with van der Waals surface area (Å²) in [5.74, 6) is -1.51. The molecule has 10 nitrogen and oxygen atoms in total. The van der Waals surface area contributed by atoms with Gasteiger partial charge in [-0.25, -0.2) is 9.59 Å². The average Bonchev–Trinajstić information content (AvgIpc) is 3.04. The molecule has 0 saturated carbocycles. The molecule has 1 aliphatic rings. The largest absolute Gasteiger partial charge is 0.493 e. The zero-order valence-electron chi connectivity index (χ0n) is 15.8. The van der Waals surface area contributed by atoms with Crippen molar-refractivity contribution in [1.29, 1.82) is 0 Å². The summed E-state index contributed by atoms with van der Waals surface area (Å²) in [4.78, 5) is 41.8. The van der Waals surface area contributed by atoms with Crippen molar-refractivity contribution in [3.63, 3.8) is 0 Å². The Hall–Kier alpha value is -3.26. The first kappa shape index (κ1) is 21.0. The van der Waals surface area contributed by atoms with Gasteiger partial charge in [-0.15, -0.1) is 0 Å². The minimum Gasteiger partial charge on any atom is -0.493 e. The Labute approximate surface area is 162 Å². The number of carbonyl (C=O) groups is 3. The second kappa shape index (κ2) is 9.61. The Morgan fingerprint density at radius 3 is 2.32 bits per heavy atom. The molecule has 1 aromatic rings. The Morgan fingerprint density at radius 2 is 1.79 bits per heavy atom. The van der Waals surface area contributed by atoms with Gasteiger partial charge in [0.1, 0.15) is 5.75 Å². The summed E-state index contributed by atoms with van der Waals surface area (Å²) in [5, 5.41) is 3.37. The van der Waals surface area contributed by atoms with Crippen molar-refractivity contribution in [3.8, 4) is 5.75 Å². The lowest BCUT2D eigenvalue weighted by Crippen LogP contribution is -2.59. The predicted octanol–water partition coefficient (Wildman–Crippen LogP) is 2.37. The number of esters is 2. The van der Waals surface area contributed by atoms with Crippen molar-refractivity contribution < 1.29 is 28.6 Å². The number of nitrogens with zero attached hydrogens (tertiary/aromatic N) is 4. The molecule has 1 aliphatic heterocycles. The van der Waals surface area contributed by atoms with Crippen molar-refractivity contribution in [2.45, 2.75) is 32.2 Å². The van der Waals surface area contributed by atoms with Crippen LogP contribution in [0.2, 0.25) is 0 Å². The molecule has 1 fully saturated rings. The van der Waals surface area contributed by atoms with Gasteiger partial charge in [0.15, 0.2) is 0 Å². The van der Waals surface area contributed by atoms with Crippen LogP contribution in [0.15, 0.2) is 29.4 Å². The highest BCUT2D eigenvalue weighted by molar-refractivity contribution is 6.18. The van der Waals surface area contributed by atoms with E-state index in [9.17, 15) is 14.4 Å². The number of carbonyl (C=O) groups excluding carboxylic acids is 3. The molecule has 10 heteroatoms. The number of anilines is 1. The minimum absolute atomic E-state index is 0.0159. The Balaban J connectivity index is 2.33. The fourth-order valence-corrected chi connectivity index (χ4v) is 3.00. The van der Waals surface area contributed by atoms with Gasteiger partial charge in [-0.1, -0.05) is 5.11 Å². The summed E-state index contributed by atoms with van der Waals surface area (Å²) in [5.41, 5.74) is 6.76. The number of benzene rings is 1. The summed E-state index contributed by atoms with van der Waals surface area (Å²) in [6, 6.07) is 6.33. The normalized spacial score (nSPS) is 14.9. The smallest absolute Gasteiger partial charge is 0.344 e. The Morgan fingerprint density at radius 1 is 1.18 bits per heavy atom. The average molecular weight is 390 g/mol. The molecule has 0 unspecified atom stereocenters. The van der Waals surface area contributed by atoms with Crippen molar-refractivity contribution in [1.82, 2.24) is 0 Å². The SMILES string of the molecule is CCOC(=O)C1(C(=O)OCC)CCC(=O)N1c1ccc(OCCN=[N+]=[N-])cc1. The standard InChI is InChI=1S/C18H22N4O6/c1-3-26-16(24)18(17(25)27-4-2)10-9-15(23)22(18)13-5-7-14(8-6-13)28-12-11-20-21-19/h5-8H,3-4,9-12H2,1-2H3. The first-order chi connectivity index (χ1) is 13.5. The molecule has 1 heterocycles. The maximum Gasteiger partial charge on any atom is 0.344 e. The number of hydrogen-bond acceptors (Lipinski definition) is 7. The lowest BCUT2D eigenvalue weighted by molar-refractivity contribution is -0.164. The van der Waals surface area contributed by atoms with E-state index in [2.05, 4.69) is 10.0 Å². The third-order valence-corrected chi connectivity index (χ3v) is 4.18. The van der Waals surface area contributed by atoms with E-state index < -0.39 is 17.5 Å². The quantitative estimate of drug-likeness (QED) is 0.159. The maximum atomic E-state index is 12.7. The molecule has 150 valence electrons. The van der Waals surface area contributed by atoms with Crippen LogP contribution in [0, 0.1) is 0 Å². The zero-order chi connectivity index (χ0) is 20.6. The summed E-state index contributed by atoms with van der Waals surface area (Å²) in [6.45, 7) is 3.76. The van der Waals surface area contributed by atoms with Gasteiger partial charge in [-0.2, -0.15) is 0 Å². The van der Waals surface area contributed by atoms with Crippen LogP contribution in [0.5, 0.6) is 5.75 Å². The van der Waals surface area contributed by atoms with Crippen LogP contribution in [0.25, 0.3) is 10.4 Å². The predicted molar refractivity (Wildman–Crippen MR) is 98.7 cm³/mol. The highest BCUT2D eigenvalue weighted by Crippen LogP contribution is 2.38. The lowest BCUT2D eigenvalue weighted by atomic mass is 9.95. The maximum absolute atomic E-state index is 12.7. The topological polar surface area (TPSA) is 131 Å². The molecule has 28 heavy (non-hydrogen) atoms. The molecule has 1 aromatic carbocycles. The molecule has 0 atom stereocenters. The number of ether oxygens (including phenoxy) is 3. The molecule has 0 aliphatic carbocycles. The summed E-state index contributed by atoms with van der Waals surface area (Å²) < 4.78 is 15.6. The molecule has 1 amide bonds. The van der Waals surface area contributed by atoms with Crippen molar-refractivity contribution in [2.75, 3.05) is 31.3 Å². The van der Waals surface area contributed by atoms with E-state index in [0.29, 0.717) is 11.4 Å². The van der Waals surface area contributed by atoms with Crippen LogP contribution in [0.4, 0.5) is 5.69 Å². The molecule has 0 spiro atoms. The minimum atomic E-state index is -1.84. The van der Waals surface area contributed by atoms with Gasteiger partial charge in [-0.3, -0.25) is 9.69 Å². The number of azide groups is 1. The summed E-state index contributed by atoms with van der Waals surface area (Å²) in [7, 11) is 0. The first-order valence-electron chi connectivity index (χ1n) is 8.92. The number of rotatable bonds is 9. The number of hydrogen-bond donors (Lipinski definition) is 0. The van der Waals surface area contributed by atoms with Gasteiger partial charge in [0.25, 0.3) is 0 Å². The van der Waals surface area contributed by atoms with Gasteiger partial charge in [0.2, 0.25) is 11.4 Å². The van der Waals surface area contributed by atoms with Gasteiger partial charge in [0, 0.05) is 23.4 Å². The molecular weight excluding hydrogens is 368 g/mol. The summed E-state index contributed by atoms with van der Waals surface area (Å²) in [6.07, 6.45) is -0.00401. The number of amides is 1. The van der Waals surface area contributed by atoms with Crippen LogP contribution >= 0.6 is 0 Å². The fourth-order valence-electron chi connectivity index (χ4n) is 3.00. The van der Waals surface area contributed by atoms with Crippen LogP contribution < -0.4 is 9.64 Å².